The van der Waals surface area contributed by atoms with Crippen molar-refractivity contribution in [3.05, 3.63) is 79.8 Å². The van der Waals surface area contributed by atoms with Crippen LogP contribution in [0.1, 0.15) is 66.7 Å². The minimum Gasteiger partial charge on any atom is -0.478 e. The number of ether oxygens (including phenoxy) is 1. The number of nitrogens with one attached hydrogen (secondary N) is 1. The summed E-state index contributed by atoms with van der Waals surface area (Å²) >= 11 is 4.68. The number of rotatable bonds is 8. The van der Waals surface area contributed by atoms with Crippen molar-refractivity contribution in [2.45, 2.75) is 51.0 Å². The first-order valence-corrected chi connectivity index (χ1v) is 14.3. The summed E-state index contributed by atoms with van der Waals surface area (Å²) in [5.41, 5.74) is 1.63. The van der Waals surface area contributed by atoms with Crippen LogP contribution in [0.5, 0.6) is 0 Å². The zero-order chi connectivity index (χ0) is 27.5. The summed E-state index contributed by atoms with van der Waals surface area (Å²) in [6.45, 7) is 2.06. The van der Waals surface area contributed by atoms with Gasteiger partial charge in [-0.05, 0) is 66.1 Å². The van der Waals surface area contributed by atoms with Gasteiger partial charge in [-0.2, -0.15) is 0 Å². The molecule has 1 aliphatic carbocycles. The summed E-state index contributed by atoms with van der Waals surface area (Å²) in [6.07, 6.45) is 6.01. The van der Waals surface area contributed by atoms with Crippen molar-refractivity contribution in [1.82, 2.24) is 15.3 Å². The zero-order valence-electron chi connectivity index (χ0n) is 21.0. The van der Waals surface area contributed by atoms with Crippen molar-refractivity contribution < 1.29 is 28.2 Å². The van der Waals surface area contributed by atoms with Crippen molar-refractivity contribution in [3.63, 3.8) is 0 Å². The molecule has 0 radical (unpaired) electrons. The Morgan fingerprint density at radius 3 is 2.72 bits per heavy atom. The third-order valence-corrected chi connectivity index (χ3v) is 8.52. The first kappa shape index (κ1) is 27.2. The number of amidine groups is 1. The van der Waals surface area contributed by atoms with Gasteiger partial charge in [-0.15, -0.1) is 11.3 Å². The number of aromatic nitrogens is 2. The molecular weight excluding hydrogens is 591 g/mol. The van der Waals surface area contributed by atoms with Crippen LogP contribution >= 0.6 is 27.3 Å². The van der Waals surface area contributed by atoms with Gasteiger partial charge in [0.1, 0.15) is 18.1 Å². The van der Waals surface area contributed by atoms with E-state index in [4.69, 9.17) is 14.1 Å². The van der Waals surface area contributed by atoms with Crippen molar-refractivity contribution in [1.29, 1.82) is 0 Å². The molecule has 0 amide bonds. The number of aliphatic imine (C=N–C) groups is 1. The first-order valence-electron chi connectivity index (χ1n) is 12.6. The number of carbonyl (C=O) groups is 2. The maximum Gasteiger partial charge on any atom is 0.335 e. The van der Waals surface area contributed by atoms with Crippen molar-refractivity contribution in [3.8, 4) is 0 Å². The lowest BCUT2D eigenvalue weighted by Crippen LogP contribution is -2.37. The molecule has 1 unspecified atom stereocenters. The Morgan fingerprint density at radius 1 is 1.26 bits per heavy atom. The molecule has 12 heteroatoms. The van der Waals surface area contributed by atoms with Gasteiger partial charge in [0.15, 0.2) is 16.7 Å². The molecule has 1 atom stereocenters. The quantitative estimate of drug-likeness (QED) is 0.316. The average molecular weight is 617 g/mol. The smallest absolute Gasteiger partial charge is 0.335 e. The van der Waals surface area contributed by atoms with E-state index in [1.165, 1.54) is 23.7 Å². The van der Waals surface area contributed by atoms with Gasteiger partial charge in [-0.25, -0.2) is 19.2 Å². The number of allylic oxidation sites excluding steroid dienone is 1. The highest BCUT2D eigenvalue weighted by atomic mass is 79.9. The largest absolute Gasteiger partial charge is 0.478 e. The van der Waals surface area contributed by atoms with Crippen LogP contribution in [0.2, 0.25) is 0 Å². The van der Waals surface area contributed by atoms with Gasteiger partial charge in [0, 0.05) is 23.2 Å². The summed E-state index contributed by atoms with van der Waals surface area (Å²) in [7, 11) is 0. The molecule has 1 saturated carbocycles. The maximum absolute atomic E-state index is 14.5. The predicted octanol–water partition coefficient (Wildman–Crippen LogP) is 5.54. The molecule has 2 aromatic heterocycles. The summed E-state index contributed by atoms with van der Waals surface area (Å²) in [6, 6.07) is 3.62. The lowest BCUT2D eigenvalue weighted by Gasteiger charge is -2.34. The van der Waals surface area contributed by atoms with Gasteiger partial charge in [0.25, 0.3) is 0 Å². The van der Waals surface area contributed by atoms with Crippen LogP contribution in [0.15, 0.2) is 61.2 Å². The van der Waals surface area contributed by atoms with E-state index in [0.717, 1.165) is 12.8 Å². The zero-order valence-corrected chi connectivity index (χ0v) is 23.4. The Hall–Kier alpha value is -3.38. The van der Waals surface area contributed by atoms with E-state index in [2.05, 4.69) is 31.2 Å². The van der Waals surface area contributed by atoms with Gasteiger partial charge < -0.3 is 19.6 Å². The van der Waals surface area contributed by atoms with E-state index in [1.54, 1.807) is 25.3 Å². The molecule has 2 aliphatic rings. The third-order valence-electron chi connectivity index (χ3n) is 6.90. The van der Waals surface area contributed by atoms with Gasteiger partial charge in [0.2, 0.25) is 0 Å². The minimum atomic E-state index is -1.11. The van der Waals surface area contributed by atoms with Crippen LogP contribution in [0, 0.1) is 11.7 Å². The van der Waals surface area contributed by atoms with Crippen molar-refractivity contribution in [2.24, 2.45) is 10.9 Å². The Bertz CT molecular complexity index is 1430. The first-order chi connectivity index (χ1) is 18.9. The maximum atomic E-state index is 14.5. The highest BCUT2D eigenvalue weighted by Gasteiger charge is 2.38. The normalized spacial score (nSPS) is 21.3. The topological polar surface area (TPSA) is 127 Å². The summed E-state index contributed by atoms with van der Waals surface area (Å²) in [5, 5.41) is 16.1. The Balaban J connectivity index is 1.41. The molecule has 1 aromatic carbocycles. The number of aliphatic carboxylic acids is 1. The highest BCUT2D eigenvalue weighted by Crippen LogP contribution is 2.43. The van der Waals surface area contributed by atoms with E-state index >= 15 is 0 Å². The fourth-order valence-electron chi connectivity index (χ4n) is 5.11. The number of carbonyl (C=O) groups excluding carboxylic acids is 1. The van der Waals surface area contributed by atoms with Crippen LogP contribution in [0.25, 0.3) is 0 Å². The van der Waals surface area contributed by atoms with Crippen molar-refractivity contribution >= 4 is 45.0 Å². The van der Waals surface area contributed by atoms with Gasteiger partial charge in [0.05, 0.1) is 28.8 Å². The fourth-order valence-corrected chi connectivity index (χ4v) is 6.18. The van der Waals surface area contributed by atoms with E-state index in [-0.39, 0.29) is 34.3 Å². The second kappa shape index (κ2) is 11.8. The van der Waals surface area contributed by atoms with Crippen LogP contribution in [-0.2, 0) is 20.7 Å². The molecule has 204 valence electrons. The van der Waals surface area contributed by atoms with Crippen LogP contribution in [0.4, 0.5) is 4.39 Å². The van der Waals surface area contributed by atoms with E-state index in [9.17, 15) is 19.1 Å². The van der Waals surface area contributed by atoms with Gasteiger partial charge in [-0.1, -0.05) is 12.1 Å². The Kier molecular flexibility index (Phi) is 8.22. The molecule has 2 N–H and O–H groups in total. The molecule has 0 spiro atoms. The number of thiazole rings is 1. The van der Waals surface area contributed by atoms with Crippen LogP contribution in [-0.4, -0.2) is 39.5 Å². The monoisotopic (exact) mass is 616 g/mol. The molecule has 1 fully saturated rings. The average Bonchev–Trinajstić information content (AvgIpc) is 3.63. The molecule has 3 aromatic rings. The Morgan fingerprint density at radius 2 is 2.03 bits per heavy atom. The Labute approximate surface area is 236 Å². The number of oxazole rings is 1. The number of benzene rings is 1. The summed E-state index contributed by atoms with van der Waals surface area (Å²) < 4.78 is 25.3. The summed E-state index contributed by atoms with van der Waals surface area (Å²) in [5.74, 6) is -0.963. The van der Waals surface area contributed by atoms with Gasteiger partial charge in [-0.3, -0.25) is 9.79 Å². The third kappa shape index (κ3) is 5.81. The molecular formula is C27H26BrFN4O5S. The van der Waals surface area contributed by atoms with E-state index < -0.39 is 17.8 Å². The lowest BCUT2D eigenvalue weighted by atomic mass is 9.78. The fraction of sp³-hybridized carbons (Fsp3) is 0.370. The number of hydrogen-bond donors (Lipinski definition) is 2. The van der Waals surface area contributed by atoms with Crippen LogP contribution < -0.4 is 5.32 Å². The number of carboxylic acids is 1. The minimum absolute atomic E-state index is 0.0509. The number of nitrogens with zero attached hydrogens (tertiary/aromatic N) is 3. The SMILES string of the molecule is CCOC(=O)Cc1coc(C2CCC(C3=C(C(=O)O)C(c4cccc(F)c4Br)N=C(c4nccs4)N3)CC2)n1. The second-order valence-electron chi connectivity index (χ2n) is 9.33. The van der Waals surface area contributed by atoms with E-state index in [0.29, 0.717) is 53.1 Å². The molecule has 0 saturated heterocycles. The molecule has 1 aliphatic heterocycles. The highest BCUT2D eigenvalue weighted by molar-refractivity contribution is 9.10. The second-order valence-corrected chi connectivity index (χ2v) is 11.0. The number of esters is 1. The molecule has 0 bridgehead atoms. The van der Waals surface area contributed by atoms with Gasteiger partial charge >= 0.3 is 11.9 Å². The summed E-state index contributed by atoms with van der Waals surface area (Å²) in [4.78, 5) is 38.0. The molecule has 5 rings (SSSR count). The number of halogens is 2. The van der Waals surface area contributed by atoms with Crippen molar-refractivity contribution in [2.75, 3.05) is 6.61 Å². The van der Waals surface area contributed by atoms with E-state index in [1.807, 2.05) is 5.38 Å². The number of carboxylic acid groups (broad SMARTS) is 1. The van der Waals surface area contributed by atoms with Crippen LogP contribution in [0.3, 0.4) is 0 Å². The number of hydrogen-bond acceptors (Lipinski definition) is 9. The lowest BCUT2D eigenvalue weighted by molar-refractivity contribution is -0.142. The predicted molar refractivity (Wildman–Crippen MR) is 145 cm³/mol. The molecule has 3 heterocycles. The molecule has 39 heavy (non-hydrogen) atoms. The molecule has 9 nitrogen and oxygen atoms in total. The standard InChI is InChI=1S/C27H26BrFN4O5S/c1-2-37-19(34)12-16-13-38-25(31-16)15-8-6-14(7-9-15)22-20(27(35)36)23(17-4-3-5-18(29)21(17)28)33-24(32-22)26-30-10-11-39-26/h3-5,10-11,13-15,23H,2,6-9,12H2,1H3,(H,32,33)(H,35,36).